The molecule has 5 nitrogen and oxygen atoms in total. The Balaban J connectivity index is 1.91. The van der Waals surface area contributed by atoms with Gasteiger partial charge in [0.1, 0.15) is 0 Å². The Morgan fingerprint density at radius 3 is 2.45 bits per heavy atom. The fraction of sp³-hybridized carbons (Fsp3) is 0.706. The summed E-state index contributed by atoms with van der Waals surface area (Å²) in [7, 11) is 0. The number of carbonyl (C=O) groups excluding carboxylic acids is 2. The van der Waals surface area contributed by atoms with Crippen molar-refractivity contribution in [2.75, 3.05) is 0 Å². The molecule has 3 aliphatic rings. The lowest BCUT2D eigenvalue weighted by Crippen LogP contribution is -2.57. The molecule has 1 heterocycles. The molecule has 120 valence electrons. The van der Waals surface area contributed by atoms with Gasteiger partial charge in [0.05, 0.1) is 5.54 Å². The van der Waals surface area contributed by atoms with E-state index in [0.717, 1.165) is 32.1 Å². The number of hydrogen-bond donors (Lipinski definition) is 1. The zero-order valence-corrected chi connectivity index (χ0v) is 13.0. The number of imide groups is 1. The zero-order valence-electron chi connectivity index (χ0n) is 13.0. The highest BCUT2D eigenvalue weighted by Gasteiger charge is 2.51. The second-order valence-electron chi connectivity index (χ2n) is 7.23. The van der Waals surface area contributed by atoms with Crippen molar-refractivity contribution in [2.45, 2.75) is 63.8 Å². The van der Waals surface area contributed by atoms with Crippen LogP contribution in [0, 0.1) is 11.8 Å². The third-order valence-electron chi connectivity index (χ3n) is 5.61. The number of nitrogens with zero attached hydrogens (tertiary/aromatic N) is 1. The van der Waals surface area contributed by atoms with Gasteiger partial charge in [-0.15, -0.1) is 0 Å². The summed E-state index contributed by atoms with van der Waals surface area (Å²) >= 11 is 0. The van der Waals surface area contributed by atoms with Gasteiger partial charge in [0.25, 0.3) is 11.8 Å². The third kappa shape index (κ3) is 2.57. The molecule has 2 aliphatic carbocycles. The lowest BCUT2D eigenvalue weighted by molar-refractivity contribution is -0.151. The largest absolute Gasteiger partial charge is 0.481 e. The van der Waals surface area contributed by atoms with E-state index in [1.54, 1.807) is 6.92 Å². The van der Waals surface area contributed by atoms with Crippen LogP contribution in [0.5, 0.6) is 0 Å². The highest BCUT2D eigenvalue weighted by Crippen LogP contribution is 2.49. The second kappa shape index (κ2) is 5.52. The molecule has 2 atom stereocenters. The number of aliphatic carboxylic acids is 1. The molecule has 1 N–H and O–H groups in total. The maximum Gasteiger partial charge on any atom is 0.303 e. The van der Waals surface area contributed by atoms with Crippen LogP contribution in [-0.2, 0) is 14.4 Å². The van der Waals surface area contributed by atoms with Gasteiger partial charge in [-0.3, -0.25) is 19.3 Å². The van der Waals surface area contributed by atoms with E-state index in [9.17, 15) is 14.4 Å². The molecule has 0 spiro atoms. The van der Waals surface area contributed by atoms with Gasteiger partial charge in [-0.2, -0.15) is 0 Å². The molecule has 0 aromatic rings. The van der Waals surface area contributed by atoms with E-state index < -0.39 is 11.5 Å². The number of fused-ring (bicyclic) bond motifs is 2. The Morgan fingerprint density at radius 1 is 1.32 bits per heavy atom. The maximum absolute atomic E-state index is 12.5. The van der Waals surface area contributed by atoms with Crippen LogP contribution in [0.4, 0.5) is 0 Å². The first-order valence-electron chi connectivity index (χ1n) is 8.20. The summed E-state index contributed by atoms with van der Waals surface area (Å²) in [6, 6.07) is 0. The Kier molecular flexibility index (Phi) is 3.83. The molecule has 22 heavy (non-hydrogen) atoms. The van der Waals surface area contributed by atoms with E-state index in [2.05, 4.69) is 0 Å². The van der Waals surface area contributed by atoms with E-state index in [0.29, 0.717) is 23.8 Å². The van der Waals surface area contributed by atoms with Gasteiger partial charge in [-0.25, -0.2) is 0 Å². The van der Waals surface area contributed by atoms with Crippen molar-refractivity contribution in [3.8, 4) is 0 Å². The first kappa shape index (κ1) is 15.3. The molecular formula is C17H23NO4. The monoisotopic (exact) mass is 305 g/mol. The van der Waals surface area contributed by atoms with Gasteiger partial charge in [-0.1, -0.05) is 19.3 Å². The molecule has 2 fully saturated rings. The minimum absolute atomic E-state index is 0.00947. The van der Waals surface area contributed by atoms with E-state index in [1.807, 2.05) is 0 Å². The van der Waals surface area contributed by atoms with Crippen LogP contribution in [0.3, 0.4) is 0 Å². The Bertz CT molecular complexity index is 539. The van der Waals surface area contributed by atoms with Gasteiger partial charge < -0.3 is 5.11 Å². The smallest absolute Gasteiger partial charge is 0.303 e. The molecule has 2 bridgehead atoms. The number of carbonyl (C=O) groups is 3. The minimum Gasteiger partial charge on any atom is -0.481 e. The van der Waals surface area contributed by atoms with Gasteiger partial charge in [0, 0.05) is 18.1 Å². The highest BCUT2D eigenvalue weighted by atomic mass is 16.4. The Morgan fingerprint density at radius 2 is 1.95 bits per heavy atom. The molecular weight excluding hydrogens is 282 g/mol. The number of carboxylic acid groups (broad SMARTS) is 1. The summed E-state index contributed by atoms with van der Waals surface area (Å²) in [5.74, 6) is -0.312. The maximum atomic E-state index is 12.5. The molecule has 2 unspecified atom stereocenters. The third-order valence-corrected chi connectivity index (χ3v) is 5.61. The summed E-state index contributed by atoms with van der Waals surface area (Å²) in [5, 5.41) is 9.09. The van der Waals surface area contributed by atoms with Crippen LogP contribution in [0.1, 0.15) is 58.3 Å². The summed E-state index contributed by atoms with van der Waals surface area (Å²) in [4.78, 5) is 37.3. The van der Waals surface area contributed by atoms with Crippen molar-refractivity contribution < 1.29 is 19.5 Å². The minimum atomic E-state index is -0.862. The summed E-state index contributed by atoms with van der Waals surface area (Å²) in [6.45, 7) is 1.66. The number of carboxylic acids is 1. The predicted octanol–water partition coefficient (Wildman–Crippen LogP) is 2.51. The van der Waals surface area contributed by atoms with Gasteiger partial charge >= 0.3 is 5.97 Å². The molecule has 0 aromatic carbocycles. The number of rotatable bonds is 4. The lowest BCUT2D eigenvalue weighted by Gasteiger charge is -2.51. The average molecular weight is 305 g/mol. The summed E-state index contributed by atoms with van der Waals surface area (Å²) in [5.41, 5.74) is -0.120. The van der Waals surface area contributed by atoms with Gasteiger partial charge in [0.15, 0.2) is 0 Å². The molecule has 3 rings (SSSR count). The topological polar surface area (TPSA) is 74.7 Å². The Hall–Kier alpha value is -1.65. The van der Waals surface area contributed by atoms with Gasteiger partial charge in [-0.05, 0) is 44.4 Å². The van der Waals surface area contributed by atoms with Crippen LogP contribution in [0.2, 0.25) is 0 Å². The fourth-order valence-corrected chi connectivity index (χ4v) is 4.81. The lowest BCUT2D eigenvalue weighted by atomic mass is 9.62. The van der Waals surface area contributed by atoms with Crippen molar-refractivity contribution in [2.24, 2.45) is 11.8 Å². The second-order valence-corrected chi connectivity index (χ2v) is 7.23. The van der Waals surface area contributed by atoms with Crippen LogP contribution in [0.15, 0.2) is 11.6 Å². The predicted molar refractivity (Wildman–Crippen MR) is 79.9 cm³/mol. The molecule has 2 amide bonds. The number of amides is 2. The SMILES string of the molecule is CC1=CC(=O)N(C2(CCC(=O)O)CC3CCCC(C3)C2)C1=O. The average Bonchev–Trinajstić information content (AvgIpc) is 2.70. The van der Waals surface area contributed by atoms with Crippen LogP contribution in [0.25, 0.3) is 0 Å². The molecule has 0 radical (unpaired) electrons. The molecule has 0 aromatic heterocycles. The number of hydrogen-bond acceptors (Lipinski definition) is 3. The van der Waals surface area contributed by atoms with Crippen molar-refractivity contribution in [1.29, 1.82) is 0 Å². The quantitative estimate of drug-likeness (QED) is 0.810. The van der Waals surface area contributed by atoms with E-state index >= 15 is 0 Å². The highest BCUT2D eigenvalue weighted by molar-refractivity contribution is 6.16. The van der Waals surface area contributed by atoms with E-state index in [4.69, 9.17) is 5.11 Å². The zero-order chi connectivity index (χ0) is 15.9. The van der Waals surface area contributed by atoms with Crippen LogP contribution >= 0.6 is 0 Å². The van der Waals surface area contributed by atoms with Gasteiger partial charge in [0.2, 0.25) is 0 Å². The van der Waals surface area contributed by atoms with Crippen LogP contribution in [-0.4, -0.2) is 33.3 Å². The van der Waals surface area contributed by atoms with Crippen molar-refractivity contribution >= 4 is 17.8 Å². The summed E-state index contributed by atoms with van der Waals surface area (Å²) in [6.07, 6.45) is 7.98. The molecule has 1 aliphatic heterocycles. The van der Waals surface area contributed by atoms with Crippen LogP contribution < -0.4 is 0 Å². The molecule has 0 saturated heterocycles. The van der Waals surface area contributed by atoms with Crippen molar-refractivity contribution in [3.05, 3.63) is 11.6 Å². The van der Waals surface area contributed by atoms with Crippen molar-refractivity contribution in [3.63, 3.8) is 0 Å². The summed E-state index contributed by atoms with van der Waals surface area (Å²) < 4.78 is 0. The fourth-order valence-electron chi connectivity index (χ4n) is 4.81. The molecule has 5 heteroatoms. The van der Waals surface area contributed by atoms with E-state index in [1.165, 1.54) is 17.4 Å². The van der Waals surface area contributed by atoms with E-state index in [-0.39, 0.29) is 18.2 Å². The standard InChI is InChI=1S/C17H23NO4/c1-11-7-14(19)18(16(11)22)17(6-5-15(20)21)9-12-3-2-4-13(8-12)10-17/h7,12-13H,2-6,8-10H2,1H3,(H,20,21). The normalized spacial score (nSPS) is 34.8. The molecule has 2 saturated carbocycles. The Labute approximate surface area is 130 Å². The first-order chi connectivity index (χ1) is 10.4. The first-order valence-corrected chi connectivity index (χ1v) is 8.20. The van der Waals surface area contributed by atoms with Crippen molar-refractivity contribution in [1.82, 2.24) is 4.90 Å².